The Balaban J connectivity index is 1.54. The number of nitrogens with zero attached hydrogens (tertiary/aromatic N) is 6. The van der Waals surface area contributed by atoms with Crippen molar-refractivity contribution in [3.8, 4) is 0 Å². The predicted molar refractivity (Wildman–Crippen MR) is 108 cm³/mol. The number of hydrogen-bond acceptors (Lipinski definition) is 8. The molecule has 2 aromatic heterocycles. The number of carbonyl (C=O) groups is 1. The highest BCUT2D eigenvalue weighted by molar-refractivity contribution is 5.70. The van der Waals surface area contributed by atoms with Crippen molar-refractivity contribution in [3.63, 3.8) is 0 Å². The molecule has 2 fully saturated rings. The molecule has 2 saturated heterocycles. The fourth-order valence-corrected chi connectivity index (χ4v) is 4.43. The van der Waals surface area contributed by atoms with Crippen LogP contribution in [-0.4, -0.2) is 82.5 Å². The van der Waals surface area contributed by atoms with E-state index in [9.17, 15) is 4.79 Å². The lowest BCUT2D eigenvalue weighted by molar-refractivity contribution is -0.143. The monoisotopic (exact) mass is 402 g/mol. The summed E-state index contributed by atoms with van der Waals surface area (Å²) < 4.78 is 12.4. The third-order valence-corrected chi connectivity index (χ3v) is 5.92. The minimum atomic E-state index is -0.178. The molecule has 0 bridgehead atoms. The molecule has 29 heavy (non-hydrogen) atoms. The molecule has 0 atom stereocenters. The van der Waals surface area contributed by atoms with Crippen LogP contribution in [0.25, 0.3) is 5.78 Å². The van der Waals surface area contributed by atoms with Crippen molar-refractivity contribution in [1.82, 2.24) is 24.5 Å². The van der Waals surface area contributed by atoms with Crippen LogP contribution < -0.4 is 4.90 Å². The quantitative estimate of drug-likeness (QED) is 0.667. The molecule has 4 heterocycles. The van der Waals surface area contributed by atoms with E-state index in [0.29, 0.717) is 31.3 Å². The number of aryl methyl sites for hydroxylation is 1. The molecule has 0 unspecified atom stereocenters. The SMILES string of the molecule is CCOC(=O)CCc1c(C)nc2ncnn2c1N1CCC(N2CCOCC2)CC1. The number of anilines is 1. The molecule has 0 N–H and O–H groups in total. The zero-order valence-corrected chi connectivity index (χ0v) is 17.3. The molecule has 0 spiro atoms. The van der Waals surface area contributed by atoms with Gasteiger partial charge in [0.15, 0.2) is 0 Å². The average molecular weight is 402 g/mol. The molecular formula is C20H30N6O3. The minimum absolute atomic E-state index is 0.178. The normalized spacial score (nSPS) is 19.0. The van der Waals surface area contributed by atoms with E-state index < -0.39 is 0 Å². The van der Waals surface area contributed by atoms with Crippen LogP contribution in [0.5, 0.6) is 0 Å². The Morgan fingerprint density at radius 2 is 2.00 bits per heavy atom. The number of esters is 1. The van der Waals surface area contributed by atoms with Crippen LogP contribution in [0.15, 0.2) is 6.33 Å². The third-order valence-electron chi connectivity index (χ3n) is 5.92. The lowest BCUT2D eigenvalue weighted by Crippen LogP contribution is -2.49. The second kappa shape index (κ2) is 9.04. The zero-order chi connectivity index (χ0) is 20.2. The molecule has 2 aliphatic rings. The van der Waals surface area contributed by atoms with Crippen LogP contribution in [-0.2, 0) is 20.7 Å². The molecule has 0 amide bonds. The summed E-state index contributed by atoms with van der Waals surface area (Å²) in [5.41, 5.74) is 1.96. The number of rotatable bonds is 6. The Morgan fingerprint density at radius 3 is 2.72 bits per heavy atom. The maximum Gasteiger partial charge on any atom is 0.306 e. The second-order valence-corrected chi connectivity index (χ2v) is 7.64. The molecule has 2 aromatic rings. The number of hydrogen-bond donors (Lipinski definition) is 0. The van der Waals surface area contributed by atoms with E-state index in [1.165, 1.54) is 0 Å². The third kappa shape index (κ3) is 4.35. The summed E-state index contributed by atoms with van der Waals surface area (Å²) in [5, 5.41) is 4.43. The van der Waals surface area contributed by atoms with Gasteiger partial charge in [-0.15, -0.1) is 0 Å². The summed E-state index contributed by atoms with van der Waals surface area (Å²) in [6.45, 7) is 9.84. The Labute approximate surface area is 171 Å². The van der Waals surface area contributed by atoms with E-state index in [0.717, 1.165) is 69.3 Å². The van der Waals surface area contributed by atoms with Crippen LogP contribution in [0.2, 0.25) is 0 Å². The van der Waals surface area contributed by atoms with E-state index >= 15 is 0 Å². The van der Waals surface area contributed by atoms with E-state index in [4.69, 9.17) is 9.47 Å². The van der Waals surface area contributed by atoms with Crippen molar-refractivity contribution in [2.24, 2.45) is 0 Å². The fourth-order valence-electron chi connectivity index (χ4n) is 4.43. The van der Waals surface area contributed by atoms with Crippen molar-refractivity contribution < 1.29 is 14.3 Å². The minimum Gasteiger partial charge on any atom is -0.466 e. The summed E-state index contributed by atoms with van der Waals surface area (Å²) in [4.78, 5) is 25.8. The Bertz CT molecular complexity index is 840. The predicted octanol–water partition coefficient (Wildman–Crippen LogP) is 1.23. The molecule has 0 radical (unpaired) electrons. The van der Waals surface area contributed by atoms with Gasteiger partial charge in [0, 0.05) is 49.9 Å². The first-order valence-electron chi connectivity index (χ1n) is 10.6. The van der Waals surface area contributed by atoms with Gasteiger partial charge in [-0.3, -0.25) is 9.69 Å². The Kier molecular flexibility index (Phi) is 6.25. The molecular weight excluding hydrogens is 372 g/mol. The van der Waals surface area contributed by atoms with Gasteiger partial charge in [-0.25, -0.2) is 4.98 Å². The van der Waals surface area contributed by atoms with Gasteiger partial charge in [-0.2, -0.15) is 14.6 Å². The molecule has 0 aromatic carbocycles. The summed E-state index contributed by atoms with van der Waals surface area (Å²) in [6.07, 6.45) is 4.69. The number of fused-ring (bicyclic) bond motifs is 1. The van der Waals surface area contributed by atoms with Gasteiger partial charge in [-0.1, -0.05) is 0 Å². The van der Waals surface area contributed by atoms with Gasteiger partial charge in [0.05, 0.1) is 19.8 Å². The van der Waals surface area contributed by atoms with Gasteiger partial charge in [-0.05, 0) is 33.1 Å². The highest BCUT2D eigenvalue weighted by Crippen LogP contribution is 2.29. The van der Waals surface area contributed by atoms with Crippen LogP contribution in [0.3, 0.4) is 0 Å². The molecule has 158 valence electrons. The van der Waals surface area contributed by atoms with Crippen molar-refractivity contribution in [3.05, 3.63) is 17.6 Å². The van der Waals surface area contributed by atoms with Gasteiger partial charge >= 0.3 is 5.97 Å². The maximum atomic E-state index is 11.9. The van der Waals surface area contributed by atoms with Gasteiger partial charge in [0.25, 0.3) is 5.78 Å². The van der Waals surface area contributed by atoms with Crippen LogP contribution in [0, 0.1) is 6.92 Å². The standard InChI is InChI=1S/C20H30N6O3/c1-3-29-18(27)5-4-17-15(2)23-20-21-14-22-26(20)19(17)25-8-6-16(7-9-25)24-10-12-28-13-11-24/h14,16H,3-13H2,1-2H3. The maximum absolute atomic E-state index is 11.9. The van der Waals surface area contributed by atoms with Crippen LogP contribution in [0.1, 0.15) is 37.4 Å². The van der Waals surface area contributed by atoms with Gasteiger partial charge in [0.2, 0.25) is 0 Å². The highest BCUT2D eigenvalue weighted by atomic mass is 16.5. The van der Waals surface area contributed by atoms with E-state index in [2.05, 4.69) is 24.9 Å². The average Bonchev–Trinajstić information content (AvgIpc) is 3.21. The molecule has 9 nitrogen and oxygen atoms in total. The zero-order valence-electron chi connectivity index (χ0n) is 17.3. The molecule has 2 aliphatic heterocycles. The van der Waals surface area contributed by atoms with E-state index in [-0.39, 0.29) is 5.97 Å². The Morgan fingerprint density at radius 1 is 1.24 bits per heavy atom. The summed E-state index contributed by atoms with van der Waals surface area (Å²) in [7, 11) is 0. The summed E-state index contributed by atoms with van der Waals surface area (Å²) in [6, 6.07) is 0.604. The fraction of sp³-hybridized carbons (Fsp3) is 0.700. The van der Waals surface area contributed by atoms with Crippen molar-refractivity contribution in [2.45, 2.75) is 45.6 Å². The first kappa shape index (κ1) is 20.0. The topological polar surface area (TPSA) is 85.1 Å². The molecule has 0 saturated carbocycles. The number of ether oxygens (including phenoxy) is 2. The lowest BCUT2D eigenvalue weighted by Gasteiger charge is -2.41. The van der Waals surface area contributed by atoms with Crippen molar-refractivity contribution in [1.29, 1.82) is 0 Å². The molecule has 9 heteroatoms. The first-order valence-corrected chi connectivity index (χ1v) is 10.6. The molecule has 0 aliphatic carbocycles. The van der Waals surface area contributed by atoms with E-state index in [1.807, 2.05) is 18.4 Å². The lowest BCUT2D eigenvalue weighted by atomic mass is 10.0. The number of aromatic nitrogens is 4. The summed E-state index contributed by atoms with van der Waals surface area (Å²) >= 11 is 0. The highest BCUT2D eigenvalue weighted by Gasteiger charge is 2.29. The van der Waals surface area contributed by atoms with E-state index in [1.54, 1.807) is 6.33 Å². The summed E-state index contributed by atoms with van der Waals surface area (Å²) in [5.74, 6) is 1.45. The van der Waals surface area contributed by atoms with Crippen molar-refractivity contribution >= 4 is 17.6 Å². The Hall–Kier alpha value is -2.26. The second-order valence-electron chi connectivity index (χ2n) is 7.64. The van der Waals surface area contributed by atoms with Gasteiger partial charge < -0.3 is 14.4 Å². The van der Waals surface area contributed by atoms with Crippen molar-refractivity contribution in [2.75, 3.05) is 50.9 Å². The molecule has 4 rings (SSSR count). The van der Waals surface area contributed by atoms with Crippen LogP contribution >= 0.6 is 0 Å². The number of morpholine rings is 1. The smallest absolute Gasteiger partial charge is 0.306 e. The number of piperidine rings is 1. The first-order chi connectivity index (χ1) is 14.2. The number of carbonyl (C=O) groups excluding carboxylic acids is 1. The van der Waals surface area contributed by atoms with Crippen LogP contribution in [0.4, 0.5) is 5.82 Å². The van der Waals surface area contributed by atoms with Gasteiger partial charge in [0.1, 0.15) is 12.1 Å². The largest absolute Gasteiger partial charge is 0.466 e.